The van der Waals surface area contributed by atoms with Gasteiger partial charge in [-0.25, -0.2) is 9.78 Å². The number of hydrogen-bond acceptors (Lipinski definition) is 5. The molecule has 0 N–H and O–H groups in total. The van der Waals surface area contributed by atoms with E-state index in [0.717, 1.165) is 5.56 Å². The maximum Gasteiger partial charge on any atom is 0.422 e. The highest BCUT2D eigenvalue weighted by atomic mass is 35.5. The molecule has 0 aliphatic carbocycles. The Hall–Kier alpha value is -3.01. The molecule has 0 bridgehead atoms. The molecule has 2 aromatic heterocycles. The summed E-state index contributed by atoms with van der Waals surface area (Å²) in [6.45, 7) is 1.56. The van der Waals surface area contributed by atoms with Crippen molar-refractivity contribution in [3.63, 3.8) is 0 Å². The zero-order chi connectivity index (χ0) is 22.9. The molecule has 11 heteroatoms. The van der Waals surface area contributed by atoms with Gasteiger partial charge in [-0.05, 0) is 31.5 Å². The van der Waals surface area contributed by atoms with Gasteiger partial charge < -0.3 is 14.0 Å². The fourth-order valence-corrected chi connectivity index (χ4v) is 3.27. The van der Waals surface area contributed by atoms with Crippen molar-refractivity contribution in [2.24, 2.45) is 7.05 Å². The van der Waals surface area contributed by atoms with Gasteiger partial charge in [0.15, 0.2) is 23.7 Å². The van der Waals surface area contributed by atoms with E-state index in [4.69, 9.17) is 21.1 Å². The number of aromatic nitrogens is 3. The number of aryl methyl sites for hydroxylation is 2. The number of benzene rings is 1. The van der Waals surface area contributed by atoms with Crippen LogP contribution in [-0.4, -0.2) is 39.5 Å². The molecule has 31 heavy (non-hydrogen) atoms. The van der Waals surface area contributed by atoms with Gasteiger partial charge in [-0.2, -0.15) is 13.2 Å². The summed E-state index contributed by atoms with van der Waals surface area (Å²) in [6.07, 6.45) is -4.67. The van der Waals surface area contributed by atoms with E-state index in [9.17, 15) is 22.8 Å². The van der Waals surface area contributed by atoms with Gasteiger partial charge >= 0.3 is 12.1 Å². The van der Waals surface area contributed by atoms with Gasteiger partial charge in [0.1, 0.15) is 11.2 Å². The maximum atomic E-state index is 13.3. The van der Waals surface area contributed by atoms with Gasteiger partial charge in [0.05, 0.1) is 13.2 Å². The standard InChI is InChI=1S/C20H19ClF3N3O4/c1-4-30-19(29)15-16(31-10-20(22,23)24)14-17(26(15)3)25-11(2)27(18(14)28)9-12-5-7-13(21)8-6-12/h5-8H,4,9-10H2,1-3H3. The molecule has 3 rings (SSSR count). The molecule has 0 fully saturated rings. The molecule has 2 heterocycles. The van der Waals surface area contributed by atoms with Gasteiger partial charge in [-0.1, -0.05) is 23.7 Å². The fourth-order valence-electron chi connectivity index (χ4n) is 3.15. The van der Waals surface area contributed by atoms with Gasteiger partial charge in [0.2, 0.25) is 0 Å². The zero-order valence-electron chi connectivity index (χ0n) is 16.9. The first-order valence-corrected chi connectivity index (χ1v) is 9.62. The third-order valence-electron chi connectivity index (χ3n) is 4.54. The second-order valence-corrected chi connectivity index (χ2v) is 7.17. The third kappa shape index (κ3) is 4.68. The quantitative estimate of drug-likeness (QED) is 0.525. The van der Waals surface area contributed by atoms with E-state index in [0.29, 0.717) is 10.8 Å². The number of carbonyl (C=O) groups excluding carboxylic acids is 1. The van der Waals surface area contributed by atoms with Crippen LogP contribution in [0.1, 0.15) is 28.8 Å². The van der Waals surface area contributed by atoms with Crippen molar-refractivity contribution in [2.45, 2.75) is 26.6 Å². The zero-order valence-corrected chi connectivity index (χ0v) is 17.7. The minimum absolute atomic E-state index is 0.00761. The lowest BCUT2D eigenvalue weighted by Crippen LogP contribution is -2.25. The average molecular weight is 458 g/mol. The SMILES string of the molecule is CCOC(=O)c1c(OCC(F)(F)F)c2c(=O)n(Cc3ccc(Cl)cc3)c(C)nc2n1C. The van der Waals surface area contributed by atoms with Gasteiger partial charge in [-0.15, -0.1) is 0 Å². The summed E-state index contributed by atoms with van der Waals surface area (Å²) in [5.41, 5.74) is -0.194. The highest BCUT2D eigenvalue weighted by Gasteiger charge is 2.33. The predicted molar refractivity (Wildman–Crippen MR) is 108 cm³/mol. The molecule has 0 aliphatic rings. The van der Waals surface area contributed by atoms with Crippen molar-refractivity contribution in [1.29, 1.82) is 0 Å². The maximum absolute atomic E-state index is 13.3. The first-order chi connectivity index (χ1) is 14.5. The van der Waals surface area contributed by atoms with Gasteiger partial charge in [0, 0.05) is 12.1 Å². The molecule has 1 aromatic carbocycles. The first-order valence-electron chi connectivity index (χ1n) is 9.24. The van der Waals surface area contributed by atoms with Crippen molar-refractivity contribution < 1.29 is 27.4 Å². The number of rotatable bonds is 6. The Kier molecular flexibility index (Phi) is 6.30. The molecule has 0 atom stereocenters. The Morgan fingerprint density at radius 1 is 1.23 bits per heavy atom. The molecule has 166 valence electrons. The Morgan fingerprint density at radius 3 is 2.45 bits per heavy atom. The van der Waals surface area contributed by atoms with E-state index >= 15 is 0 Å². The van der Waals surface area contributed by atoms with E-state index in [-0.39, 0.29) is 29.9 Å². The average Bonchev–Trinajstić information content (AvgIpc) is 2.96. The summed E-state index contributed by atoms with van der Waals surface area (Å²) in [6, 6.07) is 6.74. The number of carbonyl (C=O) groups is 1. The van der Waals surface area contributed by atoms with Crippen molar-refractivity contribution in [1.82, 2.24) is 14.1 Å². The molecule has 0 radical (unpaired) electrons. The van der Waals surface area contributed by atoms with Crippen molar-refractivity contribution in [3.8, 4) is 5.75 Å². The Morgan fingerprint density at radius 2 is 1.87 bits per heavy atom. The molecule has 3 aromatic rings. The van der Waals surface area contributed by atoms with Gasteiger partial charge in [0.25, 0.3) is 5.56 Å². The summed E-state index contributed by atoms with van der Waals surface area (Å²) in [5, 5.41) is 0.292. The monoisotopic (exact) mass is 457 g/mol. The molecule has 0 saturated carbocycles. The molecular formula is C20H19ClF3N3O4. The van der Waals surface area contributed by atoms with E-state index in [1.54, 1.807) is 38.1 Å². The summed E-state index contributed by atoms with van der Waals surface area (Å²) < 4.78 is 50.9. The normalized spacial score (nSPS) is 11.7. The Bertz CT molecular complexity index is 1180. The van der Waals surface area contributed by atoms with Crippen LogP contribution in [-0.2, 0) is 18.3 Å². The van der Waals surface area contributed by atoms with E-state index < -0.39 is 30.1 Å². The van der Waals surface area contributed by atoms with E-state index in [1.165, 1.54) is 16.2 Å². The minimum Gasteiger partial charge on any atom is -0.481 e. The number of nitrogens with zero attached hydrogens (tertiary/aromatic N) is 3. The predicted octanol–water partition coefficient (Wildman–Crippen LogP) is 3.86. The molecule has 0 amide bonds. The van der Waals surface area contributed by atoms with Crippen LogP contribution in [0.4, 0.5) is 13.2 Å². The number of alkyl halides is 3. The largest absolute Gasteiger partial charge is 0.481 e. The van der Waals surface area contributed by atoms with E-state index in [1.807, 2.05) is 0 Å². The van der Waals surface area contributed by atoms with Crippen LogP contribution >= 0.6 is 11.6 Å². The lowest BCUT2D eigenvalue weighted by molar-refractivity contribution is -0.153. The molecule has 0 aliphatic heterocycles. The summed E-state index contributed by atoms with van der Waals surface area (Å²) in [7, 11) is 1.41. The topological polar surface area (TPSA) is 75.3 Å². The molecular weight excluding hydrogens is 439 g/mol. The molecule has 0 spiro atoms. The lowest BCUT2D eigenvalue weighted by Gasteiger charge is -2.12. The molecule has 7 nitrogen and oxygen atoms in total. The minimum atomic E-state index is -4.67. The number of halogens is 4. The highest BCUT2D eigenvalue weighted by molar-refractivity contribution is 6.30. The number of fused-ring (bicyclic) bond motifs is 1. The second-order valence-electron chi connectivity index (χ2n) is 6.74. The van der Waals surface area contributed by atoms with Crippen LogP contribution in [0.15, 0.2) is 29.1 Å². The number of esters is 1. The third-order valence-corrected chi connectivity index (χ3v) is 4.79. The first kappa shape index (κ1) is 22.7. The highest BCUT2D eigenvalue weighted by Crippen LogP contribution is 2.32. The lowest BCUT2D eigenvalue weighted by atomic mass is 10.2. The van der Waals surface area contributed by atoms with Crippen LogP contribution in [0.3, 0.4) is 0 Å². The molecule has 0 unspecified atom stereocenters. The van der Waals surface area contributed by atoms with Crippen LogP contribution < -0.4 is 10.3 Å². The summed E-state index contributed by atoms with van der Waals surface area (Å²) in [5.74, 6) is -1.11. The summed E-state index contributed by atoms with van der Waals surface area (Å²) >= 11 is 5.89. The smallest absolute Gasteiger partial charge is 0.422 e. The van der Waals surface area contributed by atoms with Crippen LogP contribution in [0.2, 0.25) is 5.02 Å². The van der Waals surface area contributed by atoms with Crippen molar-refractivity contribution in [2.75, 3.05) is 13.2 Å². The van der Waals surface area contributed by atoms with Crippen LogP contribution in [0, 0.1) is 6.92 Å². The van der Waals surface area contributed by atoms with Crippen LogP contribution in [0.5, 0.6) is 5.75 Å². The van der Waals surface area contributed by atoms with E-state index in [2.05, 4.69) is 4.98 Å². The second kappa shape index (κ2) is 8.62. The number of ether oxygens (including phenoxy) is 2. The Balaban J connectivity index is 2.22. The fraction of sp³-hybridized carbons (Fsp3) is 0.350. The number of hydrogen-bond donors (Lipinski definition) is 0. The summed E-state index contributed by atoms with van der Waals surface area (Å²) in [4.78, 5) is 30.1. The molecule has 0 saturated heterocycles. The van der Waals surface area contributed by atoms with Crippen LogP contribution in [0.25, 0.3) is 11.0 Å². The van der Waals surface area contributed by atoms with Crippen molar-refractivity contribution >= 4 is 28.6 Å². The van der Waals surface area contributed by atoms with Crippen molar-refractivity contribution in [3.05, 3.63) is 56.7 Å². The van der Waals surface area contributed by atoms with Gasteiger partial charge in [-0.3, -0.25) is 9.36 Å². The Labute approximate surface area is 180 Å².